The fraction of sp³-hybridized carbons (Fsp3) is 0.417. The van der Waals surface area contributed by atoms with E-state index in [1.54, 1.807) is 44.2 Å². The van der Waals surface area contributed by atoms with E-state index in [4.69, 9.17) is 26.4 Å². The smallest absolute Gasteiger partial charge is 0.312 e. The van der Waals surface area contributed by atoms with Crippen molar-refractivity contribution in [1.29, 1.82) is 0 Å². The molecule has 1 saturated heterocycles. The van der Waals surface area contributed by atoms with Crippen molar-refractivity contribution in [1.82, 2.24) is 30.8 Å². The summed E-state index contributed by atoms with van der Waals surface area (Å²) in [6.07, 6.45) is 10.3. The number of rotatable bonds is 32. The Balaban J connectivity index is 0.0000123. The highest BCUT2D eigenvalue weighted by Gasteiger charge is 2.35. The van der Waals surface area contributed by atoms with Crippen LogP contribution in [0.2, 0.25) is 0 Å². The molecule has 6 rings (SSSR count). The van der Waals surface area contributed by atoms with Crippen molar-refractivity contribution in [2.75, 3.05) is 69.5 Å². The van der Waals surface area contributed by atoms with Gasteiger partial charge < -0.3 is 58.5 Å². The Kier molecular flexibility index (Phi) is 25.8. The minimum atomic E-state index is -0.859. The lowest BCUT2D eigenvalue weighted by atomic mass is 9.89. The Hall–Kier alpha value is -7.84. The second-order valence-electron chi connectivity index (χ2n) is 20.1. The summed E-state index contributed by atoms with van der Waals surface area (Å²) in [6, 6.07) is 20.4. The molecule has 0 spiro atoms. The maximum Gasteiger partial charge on any atom is 0.312 e. The van der Waals surface area contributed by atoms with Crippen LogP contribution >= 0.6 is 15.9 Å². The fourth-order valence-electron chi connectivity index (χ4n) is 9.10. The molecule has 1 fully saturated rings. The van der Waals surface area contributed by atoms with Gasteiger partial charge >= 0.3 is 6.03 Å². The minimum absolute atomic E-state index is 0. The van der Waals surface area contributed by atoms with Crippen molar-refractivity contribution < 1.29 is 52.3 Å². The number of anilines is 2. The van der Waals surface area contributed by atoms with Gasteiger partial charge in [-0.25, -0.2) is 14.3 Å². The number of aromatic nitrogens is 3. The van der Waals surface area contributed by atoms with Crippen LogP contribution in [0.4, 0.5) is 16.2 Å². The number of Topliss-reactive ketones (excluding diaryl/α,β-unsaturated/α-hetero) is 1. The summed E-state index contributed by atoms with van der Waals surface area (Å²) in [6.45, 7) is 10.3. The number of benzene rings is 3. The molecule has 3 heterocycles. The number of carbonyl (C=O) groups excluding carboxylic acids is 7. The van der Waals surface area contributed by atoms with E-state index in [1.165, 1.54) is 4.90 Å². The summed E-state index contributed by atoms with van der Waals surface area (Å²) < 4.78 is 19.3. The Morgan fingerprint density at radius 1 is 0.939 bits per heavy atom. The quantitative estimate of drug-likeness (QED) is 0.0105. The molecule has 22 heteroatoms. The predicted molar refractivity (Wildman–Crippen MR) is 314 cm³/mol. The number of nitrogens with zero attached hydrogens (tertiary/aromatic N) is 4. The topological polar surface area (TPSA) is 277 Å². The second-order valence-corrected chi connectivity index (χ2v) is 21.0. The number of primary amides is 1. The number of likely N-dealkylation sites (tertiary alicyclic amines) is 1. The number of hydrogen-bond donors (Lipinski definition) is 6. The zero-order valence-electron chi connectivity index (χ0n) is 47.2. The minimum Gasteiger partial charge on any atom is -0.379 e. The van der Waals surface area contributed by atoms with Crippen molar-refractivity contribution >= 4 is 79.6 Å². The maximum atomic E-state index is 13.8. The summed E-state index contributed by atoms with van der Waals surface area (Å²) in [5.41, 5.74) is 10.1. The summed E-state index contributed by atoms with van der Waals surface area (Å²) in [7, 11) is 0. The van der Waals surface area contributed by atoms with Crippen molar-refractivity contribution in [3.63, 3.8) is 0 Å². The molecule has 21 nitrogen and oxygen atoms in total. The summed E-state index contributed by atoms with van der Waals surface area (Å²) in [4.78, 5) is 112. The molecule has 0 saturated carbocycles. The number of carbonyl (C=O) groups is 7. The van der Waals surface area contributed by atoms with Crippen molar-refractivity contribution in [3.8, 4) is 12.3 Å². The highest BCUT2D eigenvalue weighted by molar-refractivity contribution is 9.10. The van der Waals surface area contributed by atoms with Gasteiger partial charge in [0.15, 0.2) is 24.7 Å². The molecule has 1 aliphatic rings. The van der Waals surface area contributed by atoms with Gasteiger partial charge in [0.2, 0.25) is 23.6 Å². The highest BCUT2D eigenvalue weighted by atomic mass is 79.9. The number of pyridine rings is 1. The molecule has 82 heavy (non-hydrogen) atoms. The molecule has 5 aromatic rings. The van der Waals surface area contributed by atoms with Crippen LogP contribution in [0.15, 0.2) is 94.5 Å². The van der Waals surface area contributed by atoms with Crippen molar-refractivity contribution in [2.45, 2.75) is 85.5 Å². The maximum absolute atomic E-state index is 13.8. The van der Waals surface area contributed by atoms with Crippen LogP contribution in [0.3, 0.4) is 0 Å². The number of halogens is 1. The molecule has 7 amide bonds. The molecule has 2 aromatic heterocycles. The number of nitrogens with two attached hydrogens (primary N) is 1. The third-order valence-electron chi connectivity index (χ3n) is 13.4. The largest absolute Gasteiger partial charge is 0.379 e. The van der Waals surface area contributed by atoms with Gasteiger partial charge in [-0.15, -0.1) is 6.42 Å². The van der Waals surface area contributed by atoms with Gasteiger partial charge in [0.1, 0.15) is 5.82 Å². The molecule has 0 aliphatic carbocycles. The van der Waals surface area contributed by atoms with Crippen LogP contribution in [0, 0.1) is 44.4 Å². The number of amides is 7. The Morgan fingerprint density at radius 3 is 2.29 bits per heavy atom. The van der Waals surface area contributed by atoms with Gasteiger partial charge in [0.25, 0.3) is 11.5 Å². The van der Waals surface area contributed by atoms with E-state index in [2.05, 4.69) is 53.1 Å². The number of aromatic amines is 1. The number of ether oxygens (including phenoxy) is 3. The molecule has 3 aromatic carbocycles. The van der Waals surface area contributed by atoms with E-state index < -0.39 is 18.0 Å². The van der Waals surface area contributed by atoms with Crippen LogP contribution in [-0.4, -0.2) is 122 Å². The number of nitrogens with one attached hydrogen (secondary N) is 5. The fourth-order valence-corrected chi connectivity index (χ4v) is 9.56. The van der Waals surface area contributed by atoms with Gasteiger partial charge in [-0.05, 0) is 85.8 Å². The first kappa shape index (κ1) is 65.0. The number of aryl methyl sites for hydroxylation is 1. The third kappa shape index (κ3) is 20.0. The monoisotopic (exact) mass is 1190 g/mol. The van der Waals surface area contributed by atoms with E-state index >= 15 is 0 Å². The normalized spacial score (nSPS) is 13.7. The second kappa shape index (κ2) is 32.6. The molecule has 0 bridgehead atoms. The average molecular weight is 1190 g/mol. The van der Waals surface area contributed by atoms with E-state index in [1.807, 2.05) is 78.2 Å². The first-order valence-corrected chi connectivity index (χ1v) is 27.7. The number of urea groups is 1. The SMILES string of the molecule is C#CCN(Cc1cc2c(=O)[nH]c(C)nc2cc1Br)c1ccc(C(=O)NCc2ccc[n+](Cc3ccc(NC(=O)[C@H](CCCNC(N)=O)CC(=O)[C@@H](NC(=O)CCOCCOCCOCCN4C(=O)CC(C)C4=O)C(C)C)cc3)c2)cc1.[CH3-]. The highest BCUT2D eigenvalue weighted by Crippen LogP contribution is 2.27. The molecule has 3 atom stereocenters. The molecular weight excluding hydrogens is 1120 g/mol. The molecule has 0 radical (unpaired) electrons. The van der Waals surface area contributed by atoms with E-state index in [9.17, 15) is 38.4 Å². The van der Waals surface area contributed by atoms with Gasteiger partial charge in [-0.2, -0.15) is 0 Å². The Bertz CT molecular complexity index is 3110. The summed E-state index contributed by atoms with van der Waals surface area (Å²) in [5, 5.41) is 11.7. The van der Waals surface area contributed by atoms with Crippen LogP contribution in [0.1, 0.15) is 85.7 Å². The number of terminal acetylenes is 1. The molecule has 1 aliphatic heterocycles. The lowest BCUT2D eigenvalue weighted by Gasteiger charge is -2.24. The van der Waals surface area contributed by atoms with Crippen LogP contribution in [-0.2, 0) is 57.8 Å². The molecule has 7 N–H and O–H groups in total. The van der Waals surface area contributed by atoms with Gasteiger partial charge in [-0.3, -0.25) is 38.5 Å². The van der Waals surface area contributed by atoms with E-state index in [0.29, 0.717) is 54.0 Å². The molecule has 1 unspecified atom stereocenters. The number of imide groups is 1. The van der Waals surface area contributed by atoms with E-state index in [0.717, 1.165) is 26.9 Å². The van der Waals surface area contributed by atoms with Crippen molar-refractivity contribution in [2.24, 2.45) is 23.5 Å². The van der Waals surface area contributed by atoms with Crippen LogP contribution in [0.25, 0.3) is 10.9 Å². The number of H-pyrrole nitrogens is 1. The van der Waals surface area contributed by atoms with Gasteiger partial charge in [0, 0.05) is 89.3 Å². The van der Waals surface area contributed by atoms with Gasteiger partial charge in [0.05, 0.1) is 69.7 Å². The third-order valence-corrected chi connectivity index (χ3v) is 14.2. The number of fused-ring (bicyclic) bond motifs is 1. The standard InChI is InChI=1S/C59H71BrN10O11.CH3/c1-6-21-69(37-45-31-48-50(33-49(45)60)64-40(5)65-57(48)76)47-17-13-43(14-18-47)55(74)63-34-42-9-8-22-68(36-42)35-41-11-15-46(16-12-41)66-56(75)44(10-7-20-62-59(61)78)32-51(71)54(38(2)3)67-52(72)19-24-79-26-28-81-29-27-80-25-23-70-53(73)30-39(4)58(70)77;/h1,8-9,11-18,22,31,33,36,38-39,44,54H,7,10,19-21,23-30,32,34-35,37H2,2-5H3,(H6-,61,62,63,64,65,66,67,72,74,75,76,78);1H3/q;-1/p+1/t39?,44-,54+;/m1./s1. The predicted octanol–water partition coefficient (Wildman–Crippen LogP) is 5.29. The lowest BCUT2D eigenvalue weighted by molar-refractivity contribution is -0.688. The summed E-state index contributed by atoms with van der Waals surface area (Å²) in [5.74, 6) is 0.176. The van der Waals surface area contributed by atoms with Gasteiger partial charge in [-0.1, -0.05) is 54.8 Å². The first-order chi connectivity index (χ1) is 38.9. The average Bonchev–Trinajstić information content (AvgIpc) is 3.71. The van der Waals surface area contributed by atoms with Crippen LogP contribution in [0.5, 0.6) is 0 Å². The van der Waals surface area contributed by atoms with Crippen molar-refractivity contribution in [3.05, 3.63) is 136 Å². The number of hydrogen-bond acceptors (Lipinski definition) is 13. The number of ketones is 1. The zero-order chi connectivity index (χ0) is 58.4. The zero-order valence-corrected chi connectivity index (χ0v) is 48.8. The van der Waals surface area contributed by atoms with E-state index in [-0.39, 0.29) is 145 Å². The molecular formula is C60H75BrN10O11. The Morgan fingerprint density at radius 2 is 1.63 bits per heavy atom. The molecule has 438 valence electrons. The first-order valence-electron chi connectivity index (χ1n) is 26.9. The van der Waals surface area contributed by atoms with Crippen LogP contribution < -0.4 is 42.0 Å². The Labute approximate surface area is 486 Å². The summed E-state index contributed by atoms with van der Waals surface area (Å²) >= 11 is 3.63. The lowest BCUT2D eigenvalue weighted by Crippen LogP contribution is -2.45.